The minimum absolute atomic E-state index is 0.0301. The van der Waals surface area contributed by atoms with Crippen LogP contribution in [0.3, 0.4) is 0 Å². The number of nitrogens with one attached hydrogen (secondary N) is 2. The largest absolute Gasteiger partial charge is 0.483 e. The van der Waals surface area contributed by atoms with Gasteiger partial charge in [0, 0.05) is 13.1 Å². The number of hydrogen-bond acceptors (Lipinski definition) is 6. The summed E-state index contributed by atoms with van der Waals surface area (Å²) in [4.78, 5) is 12.0. The van der Waals surface area contributed by atoms with Crippen molar-refractivity contribution in [2.45, 2.75) is 39.5 Å². The molecule has 0 aliphatic heterocycles. The van der Waals surface area contributed by atoms with E-state index >= 15 is 0 Å². The highest BCUT2D eigenvalue weighted by atomic mass is 32.2. The minimum atomic E-state index is -3.74. The van der Waals surface area contributed by atoms with E-state index in [4.69, 9.17) is 9.26 Å². The molecule has 0 radical (unpaired) electrons. The fourth-order valence-electron chi connectivity index (χ4n) is 2.65. The maximum atomic E-state index is 12.2. The predicted octanol–water partition coefficient (Wildman–Crippen LogP) is 1.69. The van der Waals surface area contributed by atoms with Crippen LogP contribution in [0.15, 0.2) is 21.6 Å². The number of nitrogens with zero attached hydrogens (tertiary/aromatic N) is 1. The first kappa shape index (κ1) is 20.9. The van der Waals surface area contributed by atoms with Gasteiger partial charge < -0.3 is 14.6 Å². The summed E-state index contributed by atoms with van der Waals surface area (Å²) in [5, 5.41) is 6.26. The molecule has 0 saturated heterocycles. The molecule has 9 heteroatoms. The van der Waals surface area contributed by atoms with E-state index in [0.717, 1.165) is 16.7 Å². The molecule has 0 bridgehead atoms. The summed E-state index contributed by atoms with van der Waals surface area (Å²) in [5.41, 5.74) is 3.33. The standard InChI is InChI=1S/C18H25N3O5S/c1-11-6-7-12(2)17(13(11)3)25-10-16(22)19-8-9-20-27(23,24)18-14(4)21-26-15(18)5/h6-7,20H,8-10H2,1-5H3,(H,19,22). The van der Waals surface area contributed by atoms with Gasteiger partial charge in [-0.2, -0.15) is 0 Å². The number of carbonyl (C=O) groups excluding carboxylic acids is 1. The van der Waals surface area contributed by atoms with Crippen LogP contribution in [0, 0.1) is 34.6 Å². The maximum Gasteiger partial charge on any atom is 0.257 e. The van der Waals surface area contributed by atoms with Crippen LogP contribution in [0.25, 0.3) is 0 Å². The molecule has 1 aromatic heterocycles. The molecule has 27 heavy (non-hydrogen) atoms. The predicted molar refractivity (Wildman–Crippen MR) is 100 cm³/mol. The number of ether oxygens (including phenoxy) is 1. The number of aryl methyl sites for hydroxylation is 4. The van der Waals surface area contributed by atoms with Crippen molar-refractivity contribution < 1.29 is 22.5 Å². The SMILES string of the molecule is Cc1ccc(C)c(OCC(=O)NCCNS(=O)(=O)c2c(C)noc2C)c1C. The molecule has 0 saturated carbocycles. The molecule has 0 unspecified atom stereocenters. The van der Waals surface area contributed by atoms with Crippen molar-refractivity contribution in [3.05, 3.63) is 40.3 Å². The molecule has 2 rings (SSSR count). The average molecular weight is 395 g/mol. The number of sulfonamides is 1. The molecule has 2 aromatic rings. The highest BCUT2D eigenvalue weighted by Gasteiger charge is 2.23. The molecular formula is C18H25N3O5S. The van der Waals surface area contributed by atoms with Crippen molar-refractivity contribution in [1.82, 2.24) is 15.2 Å². The number of hydrogen-bond donors (Lipinski definition) is 2. The van der Waals surface area contributed by atoms with Crippen molar-refractivity contribution in [3.8, 4) is 5.75 Å². The quantitative estimate of drug-likeness (QED) is 0.658. The van der Waals surface area contributed by atoms with Gasteiger partial charge in [-0.15, -0.1) is 0 Å². The summed E-state index contributed by atoms with van der Waals surface area (Å²) in [7, 11) is -3.74. The van der Waals surface area contributed by atoms with Crippen molar-refractivity contribution in [2.75, 3.05) is 19.7 Å². The smallest absolute Gasteiger partial charge is 0.257 e. The second-order valence-electron chi connectivity index (χ2n) is 6.34. The molecule has 1 aromatic carbocycles. The molecule has 1 heterocycles. The van der Waals surface area contributed by atoms with E-state index in [-0.39, 0.29) is 36.3 Å². The zero-order chi connectivity index (χ0) is 20.2. The summed E-state index contributed by atoms with van der Waals surface area (Å²) < 4.78 is 37.4. The van der Waals surface area contributed by atoms with Crippen molar-refractivity contribution in [3.63, 3.8) is 0 Å². The minimum Gasteiger partial charge on any atom is -0.483 e. The lowest BCUT2D eigenvalue weighted by molar-refractivity contribution is -0.123. The number of rotatable bonds is 8. The third kappa shape index (κ3) is 5.08. The molecule has 1 amide bonds. The molecule has 148 valence electrons. The number of amides is 1. The summed E-state index contributed by atoms with van der Waals surface area (Å²) in [6.45, 7) is 8.97. The Labute approximate surface area is 159 Å². The van der Waals surface area contributed by atoms with Crippen LogP contribution >= 0.6 is 0 Å². The van der Waals surface area contributed by atoms with Gasteiger partial charge in [-0.05, 0) is 51.3 Å². The molecular weight excluding hydrogens is 370 g/mol. The van der Waals surface area contributed by atoms with E-state index in [2.05, 4.69) is 15.2 Å². The van der Waals surface area contributed by atoms with Gasteiger partial charge in [-0.3, -0.25) is 4.79 Å². The van der Waals surface area contributed by atoms with E-state index in [1.54, 1.807) is 6.92 Å². The highest BCUT2D eigenvalue weighted by Crippen LogP contribution is 2.25. The maximum absolute atomic E-state index is 12.2. The highest BCUT2D eigenvalue weighted by molar-refractivity contribution is 7.89. The van der Waals surface area contributed by atoms with Gasteiger partial charge in [-0.25, -0.2) is 13.1 Å². The Morgan fingerprint density at radius 3 is 2.41 bits per heavy atom. The van der Waals surface area contributed by atoms with Crippen LogP contribution in [0.1, 0.15) is 28.1 Å². The monoisotopic (exact) mass is 395 g/mol. The van der Waals surface area contributed by atoms with E-state index in [1.807, 2.05) is 32.9 Å². The molecule has 0 aliphatic carbocycles. The van der Waals surface area contributed by atoms with Crippen molar-refractivity contribution >= 4 is 15.9 Å². The Kier molecular flexibility index (Phi) is 6.61. The first-order valence-corrected chi connectivity index (χ1v) is 10.0. The first-order chi connectivity index (χ1) is 12.6. The fourth-order valence-corrected chi connectivity index (χ4v) is 4.01. The second-order valence-corrected chi connectivity index (χ2v) is 8.05. The van der Waals surface area contributed by atoms with Crippen molar-refractivity contribution in [2.24, 2.45) is 0 Å². The van der Waals surface area contributed by atoms with Gasteiger partial charge >= 0.3 is 0 Å². The van der Waals surface area contributed by atoms with Crippen LogP contribution in [0.2, 0.25) is 0 Å². The molecule has 0 atom stereocenters. The third-order valence-electron chi connectivity index (χ3n) is 4.20. The average Bonchev–Trinajstić information content (AvgIpc) is 2.94. The summed E-state index contributed by atoms with van der Waals surface area (Å²) in [6, 6.07) is 3.95. The lowest BCUT2D eigenvalue weighted by Crippen LogP contribution is -2.37. The van der Waals surface area contributed by atoms with Gasteiger partial charge in [0.1, 0.15) is 16.3 Å². The molecule has 8 nitrogen and oxygen atoms in total. The van der Waals surface area contributed by atoms with Crippen LogP contribution in [0.5, 0.6) is 5.75 Å². The van der Waals surface area contributed by atoms with Gasteiger partial charge in [0.2, 0.25) is 10.0 Å². The topological polar surface area (TPSA) is 111 Å². The molecule has 0 aliphatic rings. The third-order valence-corrected chi connectivity index (χ3v) is 5.90. The molecule has 0 fully saturated rings. The van der Waals surface area contributed by atoms with E-state index in [0.29, 0.717) is 11.4 Å². The summed E-state index contributed by atoms with van der Waals surface area (Å²) in [6.07, 6.45) is 0. The van der Waals surface area contributed by atoms with Gasteiger partial charge in [0.05, 0.1) is 0 Å². The lowest BCUT2D eigenvalue weighted by Gasteiger charge is -2.14. The Morgan fingerprint density at radius 2 is 1.78 bits per heavy atom. The van der Waals surface area contributed by atoms with Gasteiger partial charge in [0.25, 0.3) is 5.91 Å². The second kappa shape index (κ2) is 8.53. The van der Waals surface area contributed by atoms with E-state index in [1.165, 1.54) is 6.92 Å². The Hall–Kier alpha value is -2.39. The first-order valence-electron chi connectivity index (χ1n) is 8.52. The van der Waals surface area contributed by atoms with Gasteiger partial charge in [-0.1, -0.05) is 17.3 Å². The van der Waals surface area contributed by atoms with Crippen molar-refractivity contribution in [1.29, 1.82) is 0 Å². The van der Waals surface area contributed by atoms with E-state index in [9.17, 15) is 13.2 Å². The zero-order valence-electron chi connectivity index (χ0n) is 16.2. The van der Waals surface area contributed by atoms with Crippen LogP contribution < -0.4 is 14.8 Å². The number of aromatic nitrogens is 1. The van der Waals surface area contributed by atoms with Crippen LogP contribution in [-0.2, 0) is 14.8 Å². The van der Waals surface area contributed by atoms with Crippen LogP contribution in [-0.4, -0.2) is 39.2 Å². The van der Waals surface area contributed by atoms with Gasteiger partial charge in [0.15, 0.2) is 12.4 Å². The summed E-state index contributed by atoms with van der Waals surface area (Å²) >= 11 is 0. The van der Waals surface area contributed by atoms with E-state index < -0.39 is 10.0 Å². The van der Waals surface area contributed by atoms with Crippen LogP contribution in [0.4, 0.5) is 0 Å². The Bertz CT molecular complexity index is 915. The fraction of sp³-hybridized carbons (Fsp3) is 0.444. The number of carbonyl (C=O) groups is 1. The lowest BCUT2D eigenvalue weighted by atomic mass is 10.1. The molecule has 0 spiro atoms. The Morgan fingerprint density at radius 1 is 1.11 bits per heavy atom. The Balaban J connectivity index is 1.81. The summed E-state index contributed by atoms with van der Waals surface area (Å²) in [5.74, 6) is 0.595. The number of benzene rings is 1. The molecule has 2 N–H and O–H groups in total. The zero-order valence-corrected chi connectivity index (χ0v) is 17.0. The normalized spacial score (nSPS) is 11.4.